The fourth-order valence-corrected chi connectivity index (χ4v) is 2.31. The maximum atomic E-state index is 13.9. The monoisotopic (exact) mass is 367 g/mol. The van der Waals surface area contributed by atoms with Crippen molar-refractivity contribution in [2.24, 2.45) is 0 Å². The summed E-state index contributed by atoms with van der Waals surface area (Å²) in [6, 6.07) is 1.92. The number of hydrogen-bond acceptors (Lipinski definition) is 3. The van der Waals surface area contributed by atoms with Gasteiger partial charge >= 0.3 is 6.18 Å². The third kappa shape index (κ3) is 2.90. The minimum absolute atomic E-state index is 0.0140. The first kappa shape index (κ1) is 15.8. The molecule has 1 aromatic carbocycles. The van der Waals surface area contributed by atoms with Crippen LogP contribution in [0.25, 0.3) is 5.57 Å². The fraction of sp³-hybridized carbons (Fsp3) is 0.308. The summed E-state index contributed by atoms with van der Waals surface area (Å²) in [4.78, 5) is 13.4. The van der Waals surface area contributed by atoms with Crippen LogP contribution >= 0.6 is 15.9 Å². The molecule has 0 amide bonds. The average Bonchev–Trinajstić information content (AvgIpc) is 2.66. The zero-order valence-corrected chi connectivity index (χ0v) is 12.5. The van der Waals surface area contributed by atoms with Crippen molar-refractivity contribution in [3.05, 3.63) is 41.0 Å². The molecule has 21 heavy (non-hydrogen) atoms. The molecule has 114 valence electrons. The highest BCUT2D eigenvalue weighted by Gasteiger charge is 2.38. The van der Waals surface area contributed by atoms with E-state index in [4.69, 9.17) is 4.74 Å². The van der Waals surface area contributed by atoms with Crippen LogP contribution in [-0.2, 0) is 15.7 Å². The molecule has 0 saturated heterocycles. The number of carbonyl (C=O) groups is 1. The van der Waals surface area contributed by atoms with Crippen LogP contribution in [0, 0.1) is 5.82 Å². The molecule has 0 radical (unpaired) electrons. The Hall–Kier alpha value is -1.57. The SMILES string of the molecule is CN(C)C1=C(c2cc(C(F)(F)F)ccc2F)C(=O)C(Br)O1. The van der Waals surface area contributed by atoms with Crippen LogP contribution in [-0.4, -0.2) is 29.8 Å². The first-order chi connectivity index (χ1) is 9.62. The highest BCUT2D eigenvalue weighted by molar-refractivity contribution is 9.09. The molecule has 1 aromatic rings. The quantitative estimate of drug-likeness (QED) is 0.592. The van der Waals surface area contributed by atoms with Crippen LogP contribution in [0.5, 0.6) is 0 Å². The molecule has 1 unspecified atom stereocenters. The Morgan fingerprint density at radius 3 is 2.43 bits per heavy atom. The van der Waals surface area contributed by atoms with Gasteiger partial charge in [-0.1, -0.05) is 0 Å². The molecule has 0 aromatic heterocycles. The maximum Gasteiger partial charge on any atom is 0.416 e. The van der Waals surface area contributed by atoms with Crippen molar-refractivity contribution >= 4 is 27.3 Å². The smallest absolute Gasteiger partial charge is 0.416 e. The summed E-state index contributed by atoms with van der Waals surface area (Å²) in [5, 5.41) is -1.04. The molecule has 0 saturated carbocycles. The maximum absolute atomic E-state index is 13.9. The van der Waals surface area contributed by atoms with Gasteiger partial charge in [0.15, 0.2) is 0 Å². The Kier molecular flexibility index (Phi) is 4.01. The van der Waals surface area contributed by atoms with Crippen LogP contribution < -0.4 is 0 Å². The molecule has 1 heterocycles. The van der Waals surface area contributed by atoms with E-state index in [-0.39, 0.29) is 11.5 Å². The number of ether oxygens (including phenoxy) is 1. The summed E-state index contributed by atoms with van der Waals surface area (Å²) < 4.78 is 57.3. The molecule has 1 aliphatic rings. The van der Waals surface area contributed by atoms with E-state index >= 15 is 0 Å². The van der Waals surface area contributed by atoms with E-state index in [0.29, 0.717) is 18.2 Å². The lowest BCUT2D eigenvalue weighted by Crippen LogP contribution is -2.13. The normalized spacial score (nSPS) is 19.0. The summed E-state index contributed by atoms with van der Waals surface area (Å²) in [7, 11) is 3.08. The first-order valence-corrected chi connectivity index (χ1v) is 6.68. The van der Waals surface area contributed by atoms with Crippen molar-refractivity contribution in [1.29, 1.82) is 0 Å². The molecular formula is C13H10BrF4NO2. The van der Waals surface area contributed by atoms with E-state index < -0.39 is 33.9 Å². The number of Topliss-reactive ketones (excluding diaryl/α,β-unsaturated/α-hetero) is 1. The number of ketones is 1. The van der Waals surface area contributed by atoms with Crippen molar-refractivity contribution in [3.63, 3.8) is 0 Å². The summed E-state index contributed by atoms with van der Waals surface area (Å²) in [6.07, 6.45) is -4.63. The predicted octanol–water partition coefficient (Wildman–Crippen LogP) is 3.40. The Morgan fingerprint density at radius 1 is 1.29 bits per heavy atom. The second-order valence-corrected chi connectivity index (χ2v) is 5.40. The molecule has 1 aliphatic heterocycles. The van der Waals surface area contributed by atoms with E-state index in [1.165, 1.54) is 4.90 Å². The minimum atomic E-state index is -4.63. The van der Waals surface area contributed by atoms with Crippen LogP contribution in [0.1, 0.15) is 11.1 Å². The molecule has 8 heteroatoms. The van der Waals surface area contributed by atoms with E-state index in [1.54, 1.807) is 14.1 Å². The molecular weight excluding hydrogens is 358 g/mol. The van der Waals surface area contributed by atoms with E-state index in [9.17, 15) is 22.4 Å². The van der Waals surface area contributed by atoms with Gasteiger partial charge in [-0.2, -0.15) is 13.2 Å². The van der Waals surface area contributed by atoms with Crippen molar-refractivity contribution < 1.29 is 27.1 Å². The number of carbonyl (C=O) groups excluding carboxylic acids is 1. The van der Waals surface area contributed by atoms with Gasteiger partial charge in [0.05, 0.1) is 11.1 Å². The second-order valence-electron chi connectivity index (χ2n) is 4.57. The molecule has 0 bridgehead atoms. The molecule has 2 rings (SSSR count). The Bertz CT molecular complexity index is 625. The number of nitrogens with zero attached hydrogens (tertiary/aromatic N) is 1. The Labute approximate surface area is 126 Å². The van der Waals surface area contributed by atoms with Gasteiger partial charge in [-0.15, -0.1) is 0 Å². The van der Waals surface area contributed by atoms with Crippen molar-refractivity contribution in [2.75, 3.05) is 14.1 Å². The molecule has 0 N–H and O–H groups in total. The van der Waals surface area contributed by atoms with Crippen LogP contribution in [0.15, 0.2) is 24.1 Å². The lowest BCUT2D eigenvalue weighted by atomic mass is 10.00. The van der Waals surface area contributed by atoms with Gasteiger partial charge in [-0.3, -0.25) is 4.79 Å². The highest BCUT2D eigenvalue weighted by atomic mass is 79.9. The van der Waals surface area contributed by atoms with Gasteiger partial charge in [0, 0.05) is 19.7 Å². The third-order valence-corrected chi connectivity index (χ3v) is 3.45. The minimum Gasteiger partial charge on any atom is -0.455 e. The number of alkyl halides is 4. The predicted molar refractivity (Wildman–Crippen MR) is 70.8 cm³/mol. The molecule has 0 spiro atoms. The van der Waals surface area contributed by atoms with E-state index in [2.05, 4.69) is 15.9 Å². The number of benzene rings is 1. The van der Waals surface area contributed by atoms with Crippen LogP contribution in [0.4, 0.5) is 17.6 Å². The summed E-state index contributed by atoms with van der Waals surface area (Å²) >= 11 is 2.95. The lowest BCUT2D eigenvalue weighted by Gasteiger charge is -2.16. The number of hydrogen-bond donors (Lipinski definition) is 0. The zero-order chi connectivity index (χ0) is 15.9. The van der Waals surface area contributed by atoms with Gasteiger partial charge in [-0.25, -0.2) is 4.39 Å². The van der Waals surface area contributed by atoms with Gasteiger partial charge < -0.3 is 9.64 Å². The van der Waals surface area contributed by atoms with E-state index in [0.717, 1.165) is 0 Å². The first-order valence-electron chi connectivity index (χ1n) is 5.76. The lowest BCUT2D eigenvalue weighted by molar-refractivity contribution is -0.137. The van der Waals surface area contributed by atoms with Gasteiger partial charge in [0.1, 0.15) is 5.82 Å². The van der Waals surface area contributed by atoms with Crippen LogP contribution in [0.3, 0.4) is 0 Å². The molecule has 1 atom stereocenters. The molecule has 0 fully saturated rings. The summed E-state index contributed by atoms with van der Waals surface area (Å²) in [6.45, 7) is 0. The van der Waals surface area contributed by atoms with E-state index in [1.807, 2.05) is 0 Å². The average molecular weight is 368 g/mol. The Morgan fingerprint density at radius 2 is 1.90 bits per heavy atom. The third-order valence-electron chi connectivity index (χ3n) is 2.85. The van der Waals surface area contributed by atoms with Gasteiger partial charge in [0.25, 0.3) is 0 Å². The van der Waals surface area contributed by atoms with Gasteiger partial charge in [0.2, 0.25) is 16.7 Å². The molecule has 3 nitrogen and oxygen atoms in total. The van der Waals surface area contributed by atoms with Crippen molar-refractivity contribution in [2.45, 2.75) is 11.2 Å². The summed E-state index contributed by atoms with van der Waals surface area (Å²) in [5.74, 6) is -1.53. The standard InChI is InChI=1S/C13H10BrF4NO2/c1-19(2)12-9(10(20)11(14)21-12)7-5-6(13(16,17)18)3-4-8(7)15/h3-5,11H,1-2H3. The topological polar surface area (TPSA) is 29.5 Å². The van der Waals surface area contributed by atoms with Crippen LogP contribution in [0.2, 0.25) is 0 Å². The molecule has 0 aliphatic carbocycles. The number of rotatable bonds is 2. The second kappa shape index (κ2) is 5.32. The fourth-order valence-electron chi connectivity index (χ4n) is 1.90. The highest BCUT2D eigenvalue weighted by Crippen LogP contribution is 2.37. The number of halogens is 5. The largest absolute Gasteiger partial charge is 0.455 e. The van der Waals surface area contributed by atoms with Gasteiger partial charge in [-0.05, 0) is 34.1 Å². The Balaban J connectivity index is 2.64. The van der Waals surface area contributed by atoms with Crippen molar-refractivity contribution in [1.82, 2.24) is 4.90 Å². The van der Waals surface area contributed by atoms with Crippen molar-refractivity contribution in [3.8, 4) is 0 Å². The zero-order valence-electron chi connectivity index (χ0n) is 11.0. The summed E-state index contributed by atoms with van der Waals surface area (Å²) in [5.41, 5.74) is -1.68.